The lowest BCUT2D eigenvalue weighted by Crippen LogP contribution is -2.22. The van der Waals surface area contributed by atoms with Crippen LogP contribution in [0.4, 0.5) is 0 Å². The molecule has 3 heteroatoms. The van der Waals surface area contributed by atoms with Gasteiger partial charge in [0.25, 0.3) is 0 Å². The van der Waals surface area contributed by atoms with Gasteiger partial charge in [-0.15, -0.1) is 0 Å². The average Bonchev–Trinajstić information content (AvgIpc) is 2.63. The summed E-state index contributed by atoms with van der Waals surface area (Å²) in [7, 11) is 0. The molecule has 0 radical (unpaired) electrons. The summed E-state index contributed by atoms with van der Waals surface area (Å²) in [6.45, 7) is 6.83. The van der Waals surface area contributed by atoms with Crippen molar-refractivity contribution in [2.45, 2.75) is 38.7 Å². The molecule has 3 nitrogen and oxygen atoms in total. The first-order chi connectivity index (χ1) is 7.94. The predicted molar refractivity (Wildman–Crippen MR) is 67.2 cm³/mol. The summed E-state index contributed by atoms with van der Waals surface area (Å²) >= 11 is 0. The van der Waals surface area contributed by atoms with Gasteiger partial charge in [-0.25, -0.2) is 0 Å². The Bertz CT molecular complexity index is 403. The van der Waals surface area contributed by atoms with Crippen molar-refractivity contribution >= 4 is 5.91 Å². The number of hydrogen-bond donors (Lipinski definition) is 1. The molecule has 0 saturated carbocycles. The Kier molecular flexibility index (Phi) is 3.09. The molecule has 1 aliphatic heterocycles. The maximum Gasteiger partial charge on any atom is 0.220 e. The first-order valence-corrected chi connectivity index (χ1v) is 6.00. The summed E-state index contributed by atoms with van der Waals surface area (Å²) in [5.41, 5.74) is 1.02. The fourth-order valence-corrected chi connectivity index (χ4v) is 2.00. The van der Waals surface area contributed by atoms with Gasteiger partial charge in [0.2, 0.25) is 5.91 Å². The minimum atomic E-state index is -0.174. The van der Waals surface area contributed by atoms with Crippen molar-refractivity contribution < 1.29 is 9.53 Å². The summed E-state index contributed by atoms with van der Waals surface area (Å²) in [5, 5.41) is 2.85. The lowest BCUT2D eigenvalue weighted by molar-refractivity contribution is -0.119. The molecule has 1 aromatic carbocycles. The van der Waals surface area contributed by atoms with E-state index in [2.05, 4.69) is 5.32 Å². The van der Waals surface area contributed by atoms with E-state index in [0.717, 1.165) is 12.3 Å². The number of ether oxygens (including phenoxy) is 1. The van der Waals surface area contributed by atoms with Gasteiger partial charge in [0.1, 0.15) is 11.4 Å². The summed E-state index contributed by atoms with van der Waals surface area (Å²) < 4.78 is 5.76. The highest BCUT2D eigenvalue weighted by molar-refractivity contribution is 5.79. The van der Waals surface area contributed by atoms with Crippen LogP contribution in [0.5, 0.6) is 5.75 Å². The number of benzene rings is 1. The molecule has 17 heavy (non-hydrogen) atoms. The summed E-state index contributed by atoms with van der Waals surface area (Å²) in [4.78, 5) is 11.1. The molecule has 0 aliphatic carbocycles. The number of rotatable bonds is 2. The van der Waals surface area contributed by atoms with Crippen LogP contribution >= 0.6 is 0 Å². The van der Waals surface area contributed by atoms with Crippen LogP contribution in [0.1, 0.15) is 38.7 Å². The molecule has 1 unspecified atom stereocenters. The summed E-state index contributed by atoms with van der Waals surface area (Å²) in [6.07, 6.45) is 0.597. The molecule has 1 N–H and O–H groups in total. The molecule has 1 amide bonds. The normalized spacial score (nSPS) is 20.2. The largest absolute Gasteiger partial charge is 0.488 e. The van der Waals surface area contributed by atoms with Gasteiger partial charge in [-0.1, -0.05) is 12.1 Å². The minimum absolute atomic E-state index is 0.144. The van der Waals surface area contributed by atoms with Gasteiger partial charge in [0, 0.05) is 18.9 Å². The molecule has 1 heterocycles. The third-order valence-corrected chi connectivity index (χ3v) is 2.75. The monoisotopic (exact) mass is 233 g/mol. The van der Waals surface area contributed by atoms with E-state index in [1.54, 1.807) is 0 Å². The second-order valence-corrected chi connectivity index (χ2v) is 5.49. The third-order valence-electron chi connectivity index (χ3n) is 2.75. The molecule has 92 valence electrons. The molecule has 1 aliphatic rings. The zero-order valence-electron chi connectivity index (χ0n) is 10.6. The lowest BCUT2D eigenvalue weighted by Gasteiger charge is -2.21. The smallest absolute Gasteiger partial charge is 0.220 e. The van der Waals surface area contributed by atoms with E-state index >= 15 is 0 Å². The Hall–Kier alpha value is -1.51. The Morgan fingerprint density at radius 3 is 2.35 bits per heavy atom. The van der Waals surface area contributed by atoms with E-state index in [4.69, 9.17) is 4.74 Å². The highest BCUT2D eigenvalue weighted by Crippen LogP contribution is 2.26. The molecular weight excluding hydrogens is 214 g/mol. The molecule has 2 rings (SSSR count). The maximum absolute atomic E-state index is 11.1. The van der Waals surface area contributed by atoms with Crippen LogP contribution in [0.2, 0.25) is 0 Å². The van der Waals surface area contributed by atoms with Crippen molar-refractivity contribution in [3.63, 3.8) is 0 Å². The van der Waals surface area contributed by atoms with E-state index < -0.39 is 0 Å². The van der Waals surface area contributed by atoms with Crippen molar-refractivity contribution in [3.05, 3.63) is 29.8 Å². The van der Waals surface area contributed by atoms with Crippen molar-refractivity contribution in [3.8, 4) is 5.75 Å². The van der Waals surface area contributed by atoms with E-state index in [1.165, 1.54) is 5.56 Å². The van der Waals surface area contributed by atoms with Crippen molar-refractivity contribution in [2.75, 3.05) is 6.54 Å². The first kappa shape index (κ1) is 12.0. The molecule has 1 saturated heterocycles. The van der Waals surface area contributed by atoms with Crippen LogP contribution in [0, 0.1) is 0 Å². The fourth-order valence-electron chi connectivity index (χ4n) is 2.00. The number of nitrogens with one attached hydrogen (secondary N) is 1. The number of hydrogen-bond acceptors (Lipinski definition) is 2. The van der Waals surface area contributed by atoms with Gasteiger partial charge in [0.15, 0.2) is 0 Å². The molecule has 0 spiro atoms. The van der Waals surface area contributed by atoms with E-state index in [0.29, 0.717) is 12.3 Å². The molecular formula is C14H19NO2. The first-order valence-electron chi connectivity index (χ1n) is 6.00. The molecule has 1 atom stereocenters. The van der Waals surface area contributed by atoms with Gasteiger partial charge in [-0.3, -0.25) is 4.79 Å². The molecule has 0 bridgehead atoms. The molecule has 0 aromatic heterocycles. The van der Waals surface area contributed by atoms with E-state index in [9.17, 15) is 4.79 Å². The highest BCUT2D eigenvalue weighted by Gasteiger charge is 2.22. The van der Waals surface area contributed by atoms with Crippen LogP contribution in [-0.4, -0.2) is 18.1 Å². The lowest BCUT2D eigenvalue weighted by atomic mass is 9.98. The van der Waals surface area contributed by atoms with Gasteiger partial charge >= 0.3 is 0 Å². The maximum atomic E-state index is 11.1. The third kappa shape index (κ3) is 3.22. The summed E-state index contributed by atoms with van der Waals surface area (Å²) in [5.74, 6) is 1.33. The Morgan fingerprint density at radius 2 is 1.88 bits per heavy atom. The van der Waals surface area contributed by atoms with E-state index in [-0.39, 0.29) is 11.5 Å². The van der Waals surface area contributed by atoms with Crippen LogP contribution < -0.4 is 10.1 Å². The van der Waals surface area contributed by atoms with Crippen molar-refractivity contribution in [2.24, 2.45) is 0 Å². The average molecular weight is 233 g/mol. The zero-order valence-corrected chi connectivity index (χ0v) is 10.6. The second-order valence-electron chi connectivity index (χ2n) is 5.49. The standard InChI is InChI=1S/C14H19NO2/c1-14(2,3)17-12-6-4-10(5-7-12)11-8-13(16)15-9-11/h4-7,11H,8-9H2,1-3H3,(H,15,16). The number of carbonyl (C=O) groups is 1. The quantitative estimate of drug-likeness (QED) is 0.852. The number of carbonyl (C=O) groups excluding carboxylic acids is 1. The van der Waals surface area contributed by atoms with Gasteiger partial charge in [-0.2, -0.15) is 0 Å². The van der Waals surface area contributed by atoms with Crippen LogP contribution in [-0.2, 0) is 4.79 Å². The molecule has 1 fully saturated rings. The Morgan fingerprint density at radius 1 is 1.24 bits per heavy atom. The summed E-state index contributed by atoms with van der Waals surface area (Å²) in [6, 6.07) is 8.05. The second kappa shape index (κ2) is 4.40. The zero-order chi connectivity index (χ0) is 12.5. The fraction of sp³-hybridized carbons (Fsp3) is 0.500. The van der Waals surface area contributed by atoms with Crippen LogP contribution in [0.25, 0.3) is 0 Å². The minimum Gasteiger partial charge on any atom is -0.488 e. The Balaban J connectivity index is 2.05. The van der Waals surface area contributed by atoms with Gasteiger partial charge in [0.05, 0.1) is 0 Å². The SMILES string of the molecule is CC(C)(C)Oc1ccc(C2CNC(=O)C2)cc1. The Labute approximate surface area is 102 Å². The highest BCUT2D eigenvalue weighted by atomic mass is 16.5. The number of amides is 1. The van der Waals surface area contributed by atoms with Crippen LogP contribution in [0.3, 0.4) is 0 Å². The van der Waals surface area contributed by atoms with Crippen molar-refractivity contribution in [1.82, 2.24) is 5.32 Å². The molecule has 1 aromatic rings. The van der Waals surface area contributed by atoms with Crippen molar-refractivity contribution in [1.29, 1.82) is 0 Å². The predicted octanol–water partition coefficient (Wildman–Crippen LogP) is 2.47. The van der Waals surface area contributed by atoms with Gasteiger partial charge in [-0.05, 0) is 38.5 Å². The van der Waals surface area contributed by atoms with Crippen LogP contribution in [0.15, 0.2) is 24.3 Å². The van der Waals surface area contributed by atoms with E-state index in [1.807, 2.05) is 45.0 Å². The topological polar surface area (TPSA) is 38.3 Å². The van der Waals surface area contributed by atoms with Gasteiger partial charge < -0.3 is 10.1 Å².